The molecule has 164 valence electrons. The molecule has 31 heavy (non-hydrogen) atoms. The number of rotatable bonds is 8. The molecule has 0 spiro atoms. The first-order valence-electron chi connectivity index (χ1n) is 9.76. The van der Waals surface area contributed by atoms with Crippen LogP contribution in [0.25, 0.3) is 10.9 Å². The number of anilines is 1. The summed E-state index contributed by atoms with van der Waals surface area (Å²) in [5.74, 6) is -0.232. The molecule has 1 N–H and O–H groups in total. The van der Waals surface area contributed by atoms with Crippen molar-refractivity contribution in [1.29, 1.82) is 0 Å². The molecule has 8 nitrogen and oxygen atoms in total. The first-order chi connectivity index (χ1) is 14.8. The number of fused-ring (bicyclic) bond motifs is 1. The fourth-order valence-electron chi connectivity index (χ4n) is 3.08. The molecule has 0 atom stereocenters. The average molecular weight is 461 g/mol. The molecule has 0 bridgehead atoms. The van der Waals surface area contributed by atoms with Crippen molar-refractivity contribution >= 4 is 44.3 Å². The van der Waals surface area contributed by atoms with Crippen LogP contribution in [0.4, 0.5) is 5.69 Å². The van der Waals surface area contributed by atoms with Gasteiger partial charge in [0.15, 0.2) is 5.16 Å². The maximum atomic E-state index is 12.5. The summed E-state index contributed by atoms with van der Waals surface area (Å²) in [5, 5.41) is 3.71. The van der Waals surface area contributed by atoms with Crippen LogP contribution in [-0.4, -0.2) is 47.0 Å². The Morgan fingerprint density at radius 2 is 1.74 bits per heavy atom. The van der Waals surface area contributed by atoms with Gasteiger partial charge in [-0.15, -0.1) is 0 Å². The molecule has 0 aliphatic rings. The molecule has 2 aromatic carbocycles. The summed E-state index contributed by atoms with van der Waals surface area (Å²) in [5.41, 5.74) is 0.904. The topological polar surface area (TPSA) is 101 Å². The van der Waals surface area contributed by atoms with Crippen molar-refractivity contribution in [3.05, 3.63) is 58.9 Å². The zero-order chi connectivity index (χ0) is 22.6. The Kier molecular flexibility index (Phi) is 7.14. The number of nitrogens with one attached hydrogen (secondary N) is 1. The highest BCUT2D eigenvalue weighted by atomic mass is 32.2. The fraction of sp³-hybridized carbons (Fsp3) is 0.286. The van der Waals surface area contributed by atoms with E-state index < -0.39 is 10.0 Å². The van der Waals surface area contributed by atoms with Gasteiger partial charge < -0.3 is 5.32 Å². The lowest BCUT2D eigenvalue weighted by atomic mass is 10.2. The summed E-state index contributed by atoms with van der Waals surface area (Å²) in [4.78, 5) is 29.4. The molecule has 0 fully saturated rings. The van der Waals surface area contributed by atoms with E-state index in [1.807, 2.05) is 0 Å². The van der Waals surface area contributed by atoms with Gasteiger partial charge in [0.2, 0.25) is 15.9 Å². The predicted octanol–water partition coefficient (Wildman–Crippen LogP) is 2.69. The lowest BCUT2D eigenvalue weighted by molar-refractivity contribution is -0.113. The number of hydrogen-bond donors (Lipinski definition) is 1. The number of amides is 1. The molecule has 1 aromatic heterocycles. The number of hydrogen-bond acceptors (Lipinski definition) is 6. The largest absolute Gasteiger partial charge is 0.325 e. The minimum absolute atomic E-state index is 0.0537. The standard InChI is InChI=1S/C21H24N4O4S2/c1-4-25(5-2)31(28,29)16-12-10-15(11-13-16)22-19(26)14-30-21-23-18-9-7-6-8-17(18)20(27)24(21)3/h6-13H,4-5,14H2,1-3H3,(H,22,26). The van der Waals surface area contributed by atoms with Gasteiger partial charge in [-0.25, -0.2) is 13.4 Å². The number of nitrogens with zero attached hydrogens (tertiary/aromatic N) is 3. The fourth-order valence-corrected chi connectivity index (χ4v) is 5.31. The van der Waals surface area contributed by atoms with Gasteiger partial charge >= 0.3 is 0 Å². The van der Waals surface area contributed by atoms with Crippen molar-refractivity contribution < 1.29 is 13.2 Å². The number of para-hydroxylation sites is 1. The molecule has 3 rings (SSSR count). The minimum Gasteiger partial charge on any atom is -0.325 e. The van der Waals surface area contributed by atoms with Crippen LogP contribution in [0.5, 0.6) is 0 Å². The Morgan fingerprint density at radius 3 is 2.39 bits per heavy atom. The minimum atomic E-state index is -3.54. The van der Waals surface area contributed by atoms with Gasteiger partial charge in [-0.1, -0.05) is 37.7 Å². The van der Waals surface area contributed by atoms with E-state index in [2.05, 4.69) is 10.3 Å². The molecule has 0 saturated carbocycles. The summed E-state index contributed by atoms with van der Waals surface area (Å²) < 4.78 is 27.9. The Morgan fingerprint density at radius 1 is 1.10 bits per heavy atom. The number of carbonyl (C=O) groups excluding carboxylic acids is 1. The van der Waals surface area contributed by atoms with Crippen molar-refractivity contribution in [3.8, 4) is 0 Å². The highest BCUT2D eigenvalue weighted by molar-refractivity contribution is 7.99. The Labute approximate surface area is 185 Å². The average Bonchev–Trinajstić information content (AvgIpc) is 2.76. The van der Waals surface area contributed by atoms with Crippen LogP contribution in [0.2, 0.25) is 0 Å². The van der Waals surface area contributed by atoms with Crippen molar-refractivity contribution in [1.82, 2.24) is 13.9 Å². The summed E-state index contributed by atoms with van der Waals surface area (Å²) in [7, 11) is -1.92. The molecule has 0 unspecified atom stereocenters. The zero-order valence-electron chi connectivity index (χ0n) is 17.5. The second kappa shape index (κ2) is 9.63. The highest BCUT2D eigenvalue weighted by Gasteiger charge is 2.21. The molecule has 0 aliphatic carbocycles. The van der Waals surface area contributed by atoms with Crippen molar-refractivity contribution in [2.24, 2.45) is 7.05 Å². The molecule has 0 radical (unpaired) electrons. The summed E-state index contributed by atoms with van der Waals surface area (Å²) in [6.45, 7) is 4.35. The molecule has 3 aromatic rings. The lowest BCUT2D eigenvalue weighted by Gasteiger charge is -2.18. The molecular weight excluding hydrogens is 436 g/mol. The molecular formula is C21H24N4O4S2. The van der Waals surface area contributed by atoms with Crippen molar-refractivity contribution in [2.45, 2.75) is 23.9 Å². The predicted molar refractivity (Wildman–Crippen MR) is 123 cm³/mol. The van der Waals surface area contributed by atoms with E-state index in [4.69, 9.17) is 0 Å². The van der Waals surface area contributed by atoms with Gasteiger partial charge in [-0.2, -0.15) is 4.31 Å². The third kappa shape index (κ3) is 4.97. The van der Waals surface area contributed by atoms with E-state index in [1.54, 1.807) is 57.3 Å². The van der Waals surface area contributed by atoms with E-state index in [1.165, 1.54) is 21.0 Å². The number of benzene rings is 2. The van der Waals surface area contributed by atoms with Crippen molar-refractivity contribution in [2.75, 3.05) is 24.2 Å². The van der Waals surface area contributed by atoms with Crippen LogP contribution < -0.4 is 10.9 Å². The first-order valence-corrected chi connectivity index (χ1v) is 12.2. The number of thioether (sulfide) groups is 1. The van der Waals surface area contributed by atoms with E-state index in [0.29, 0.717) is 34.8 Å². The first kappa shape index (κ1) is 23.0. The van der Waals surface area contributed by atoms with Crippen LogP contribution in [0, 0.1) is 0 Å². The van der Waals surface area contributed by atoms with E-state index in [-0.39, 0.29) is 22.1 Å². The zero-order valence-corrected chi connectivity index (χ0v) is 19.2. The normalized spacial score (nSPS) is 11.7. The van der Waals surface area contributed by atoms with Gasteiger partial charge in [0.1, 0.15) is 0 Å². The quantitative estimate of drug-likeness (QED) is 0.410. The third-order valence-corrected chi connectivity index (χ3v) is 7.85. The monoisotopic (exact) mass is 460 g/mol. The number of aromatic nitrogens is 2. The maximum Gasteiger partial charge on any atom is 0.261 e. The Hall–Kier alpha value is -2.69. The third-order valence-electron chi connectivity index (χ3n) is 4.76. The summed E-state index contributed by atoms with van der Waals surface area (Å²) in [6, 6.07) is 13.1. The van der Waals surface area contributed by atoms with Gasteiger partial charge in [0, 0.05) is 25.8 Å². The van der Waals surface area contributed by atoms with Gasteiger partial charge in [0.25, 0.3) is 5.56 Å². The maximum absolute atomic E-state index is 12.5. The van der Waals surface area contributed by atoms with Gasteiger partial charge in [0.05, 0.1) is 21.6 Å². The van der Waals surface area contributed by atoms with E-state index in [0.717, 1.165) is 11.8 Å². The smallest absolute Gasteiger partial charge is 0.261 e. The van der Waals surface area contributed by atoms with Gasteiger partial charge in [-0.05, 0) is 36.4 Å². The molecule has 0 saturated heterocycles. The molecule has 0 aliphatic heterocycles. The van der Waals surface area contributed by atoms with E-state index >= 15 is 0 Å². The summed E-state index contributed by atoms with van der Waals surface area (Å²) in [6.07, 6.45) is 0. The lowest BCUT2D eigenvalue weighted by Crippen LogP contribution is -2.30. The van der Waals surface area contributed by atoms with E-state index in [9.17, 15) is 18.0 Å². The molecule has 1 amide bonds. The highest BCUT2D eigenvalue weighted by Crippen LogP contribution is 2.20. The van der Waals surface area contributed by atoms with Gasteiger partial charge in [-0.3, -0.25) is 14.2 Å². The molecule has 1 heterocycles. The Balaban J connectivity index is 1.67. The SMILES string of the molecule is CCN(CC)S(=O)(=O)c1ccc(NC(=O)CSc2nc3ccccc3c(=O)n2C)cc1. The molecule has 10 heteroatoms. The number of carbonyl (C=O) groups is 1. The number of sulfonamides is 1. The van der Waals surface area contributed by atoms with Crippen LogP contribution in [0.3, 0.4) is 0 Å². The summed E-state index contributed by atoms with van der Waals surface area (Å²) >= 11 is 1.16. The second-order valence-electron chi connectivity index (χ2n) is 6.73. The second-order valence-corrected chi connectivity index (χ2v) is 9.61. The van der Waals surface area contributed by atoms with Crippen LogP contribution in [-0.2, 0) is 21.9 Å². The van der Waals surface area contributed by atoms with Crippen LogP contribution in [0.15, 0.2) is 63.4 Å². The van der Waals surface area contributed by atoms with Crippen molar-refractivity contribution in [3.63, 3.8) is 0 Å². The van der Waals surface area contributed by atoms with Crippen LogP contribution >= 0.6 is 11.8 Å². The van der Waals surface area contributed by atoms with Crippen LogP contribution in [0.1, 0.15) is 13.8 Å². The Bertz CT molecular complexity index is 1250.